The van der Waals surface area contributed by atoms with E-state index in [0.29, 0.717) is 28.3 Å². The first-order chi connectivity index (χ1) is 13.6. The summed E-state index contributed by atoms with van der Waals surface area (Å²) in [6.07, 6.45) is 1.14. The Morgan fingerprint density at radius 2 is 1.54 bits per heavy atom. The van der Waals surface area contributed by atoms with E-state index >= 15 is 0 Å². The van der Waals surface area contributed by atoms with Crippen LogP contribution >= 0.6 is 23.4 Å². The van der Waals surface area contributed by atoms with Gasteiger partial charge in [-0.3, -0.25) is 9.59 Å². The topological polar surface area (TPSA) is 46.2 Å². The van der Waals surface area contributed by atoms with Gasteiger partial charge in [0.15, 0.2) is 5.78 Å². The second-order valence-corrected chi connectivity index (χ2v) is 7.80. The van der Waals surface area contributed by atoms with Gasteiger partial charge in [0.05, 0.1) is 5.69 Å². The maximum Gasteiger partial charge on any atom is 0.224 e. The third-order valence-electron chi connectivity index (χ3n) is 4.11. The van der Waals surface area contributed by atoms with Gasteiger partial charge in [-0.15, -0.1) is 11.8 Å². The fourth-order valence-electron chi connectivity index (χ4n) is 2.70. The van der Waals surface area contributed by atoms with Gasteiger partial charge in [-0.1, -0.05) is 54.1 Å². The van der Waals surface area contributed by atoms with Crippen LogP contribution in [0, 0.1) is 0 Å². The minimum Gasteiger partial charge on any atom is -0.325 e. The van der Waals surface area contributed by atoms with Crippen LogP contribution in [0.25, 0.3) is 0 Å². The number of ketones is 1. The molecule has 3 aromatic rings. The number of halogens is 1. The zero-order valence-electron chi connectivity index (χ0n) is 15.2. The van der Waals surface area contributed by atoms with Gasteiger partial charge < -0.3 is 5.32 Å². The van der Waals surface area contributed by atoms with Crippen LogP contribution in [-0.2, 0) is 4.79 Å². The van der Waals surface area contributed by atoms with Gasteiger partial charge in [-0.2, -0.15) is 0 Å². The fraction of sp³-hybridized carbons (Fsp3) is 0.130. The molecule has 28 heavy (non-hydrogen) atoms. The molecule has 1 amide bonds. The third kappa shape index (κ3) is 5.72. The average Bonchev–Trinajstić information content (AvgIpc) is 2.73. The van der Waals surface area contributed by atoms with Crippen molar-refractivity contribution in [2.24, 2.45) is 0 Å². The van der Waals surface area contributed by atoms with Crippen molar-refractivity contribution < 1.29 is 9.59 Å². The van der Waals surface area contributed by atoms with Crippen LogP contribution in [0.3, 0.4) is 0 Å². The second-order valence-electron chi connectivity index (χ2n) is 6.19. The van der Waals surface area contributed by atoms with Crippen molar-refractivity contribution >= 4 is 40.7 Å². The highest BCUT2D eigenvalue weighted by Crippen LogP contribution is 2.22. The Kier molecular flexibility index (Phi) is 7.29. The Morgan fingerprint density at radius 1 is 0.857 bits per heavy atom. The molecular formula is C23H20ClNO2S. The highest BCUT2D eigenvalue weighted by molar-refractivity contribution is 7.99. The third-order valence-corrected chi connectivity index (χ3v) is 5.46. The first-order valence-corrected chi connectivity index (χ1v) is 10.4. The van der Waals surface area contributed by atoms with Gasteiger partial charge in [0.1, 0.15) is 0 Å². The van der Waals surface area contributed by atoms with Crippen molar-refractivity contribution in [3.8, 4) is 0 Å². The van der Waals surface area contributed by atoms with Gasteiger partial charge in [-0.05, 0) is 48.6 Å². The summed E-state index contributed by atoms with van der Waals surface area (Å²) in [5, 5.41) is 3.60. The largest absolute Gasteiger partial charge is 0.325 e. The molecular weight excluding hydrogens is 390 g/mol. The zero-order valence-corrected chi connectivity index (χ0v) is 16.8. The molecule has 3 aromatic carbocycles. The minimum absolute atomic E-state index is 0.0926. The Labute approximate surface area is 174 Å². The number of nitrogens with one attached hydrogen (secondary N) is 1. The Bertz CT molecular complexity index is 942. The van der Waals surface area contributed by atoms with Gasteiger partial charge in [0.25, 0.3) is 0 Å². The molecule has 1 N–H and O–H groups in total. The summed E-state index contributed by atoms with van der Waals surface area (Å²) in [6.45, 7) is 0. The molecule has 0 saturated carbocycles. The number of amides is 1. The van der Waals surface area contributed by atoms with Gasteiger partial charge in [-0.25, -0.2) is 0 Å². The molecule has 0 saturated heterocycles. The van der Waals surface area contributed by atoms with E-state index in [1.807, 2.05) is 48.5 Å². The van der Waals surface area contributed by atoms with Crippen molar-refractivity contribution in [3.63, 3.8) is 0 Å². The standard InChI is InChI=1S/C23H20ClNO2S/c24-18-12-14-19(15-13-18)28-16-6-11-22(26)25-21-10-5-4-9-20(21)23(27)17-7-2-1-3-8-17/h1-5,7-10,12-15H,6,11,16H2,(H,25,26). The number of carbonyl (C=O) groups excluding carboxylic acids is 2. The summed E-state index contributed by atoms with van der Waals surface area (Å²) in [5.74, 6) is 0.638. The highest BCUT2D eigenvalue weighted by Gasteiger charge is 2.14. The molecule has 5 heteroatoms. The fourth-order valence-corrected chi connectivity index (χ4v) is 3.68. The molecule has 0 aliphatic heterocycles. The summed E-state index contributed by atoms with van der Waals surface area (Å²) in [6, 6.07) is 23.8. The number of anilines is 1. The summed E-state index contributed by atoms with van der Waals surface area (Å²) >= 11 is 7.57. The van der Waals surface area contributed by atoms with E-state index in [4.69, 9.17) is 11.6 Å². The van der Waals surface area contributed by atoms with Crippen LogP contribution in [-0.4, -0.2) is 17.4 Å². The monoisotopic (exact) mass is 409 g/mol. The van der Waals surface area contributed by atoms with Crippen LogP contribution in [0.1, 0.15) is 28.8 Å². The number of para-hydroxylation sites is 1. The molecule has 3 nitrogen and oxygen atoms in total. The molecule has 142 valence electrons. The molecule has 3 rings (SSSR count). The molecule has 0 aromatic heterocycles. The van der Waals surface area contributed by atoms with Gasteiger partial charge in [0.2, 0.25) is 5.91 Å². The van der Waals surface area contributed by atoms with E-state index in [2.05, 4.69) is 5.32 Å². The molecule has 0 unspecified atom stereocenters. The zero-order chi connectivity index (χ0) is 19.8. The van der Waals surface area contributed by atoms with E-state index in [1.165, 1.54) is 0 Å². The van der Waals surface area contributed by atoms with Crippen LogP contribution in [0.5, 0.6) is 0 Å². The average molecular weight is 410 g/mol. The number of thioether (sulfide) groups is 1. The van der Waals surface area contributed by atoms with Crippen molar-refractivity contribution in [1.82, 2.24) is 0 Å². The van der Waals surface area contributed by atoms with Crippen LogP contribution in [0.4, 0.5) is 5.69 Å². The lowest BCUT2D eigenvalue weighted by atomic mass is 10.0. The predicted octanol–water partition coefficient (Wildman–Crippen LogP) is 6.08. The SMILES string of the molecule is O=C(CCCSc1ccc(Cl)cc1)Nc1ccccc1C(=O)c1ccccc1. The smallest absolute Gasteiger partial charge is 0.224 e. The molecule has 0 heterocycles. The Balaban J connectivity index is 1.54. The second kappa shape index (κ2) is 10.1. The van der Waals surface area contributed by atoms with Crippen molar-refractivity contribution in [2.75, 3.05) is 11.1 Å². The predicted molar refractivity (Wildman–Crippen MR) is 116 cm³/mol. The van der Waals surface area contributed by atoms with Crippen molar-refractivity contribution in [2.45, 2.75) is 17.7 Å². The van der Waals surface area contributed by atoms with E-state index in [0.717, 1.165) is 17.1 Å². The highest BCUT2D eigenvalue weighted by atomic mass is 35.5. The maximum atomic E-state index is 12.7. The number of benzene rings is 3. The van der Waals surface area contributed by atoms with Crippen LogP contribution < -0.4 is 5.32 Å². The number of hydrogen-bond donors (Lipinski definition) is 1. The van der Waals surface area contributed by atoms with E-state index < -0.39 is 0 Å². The summed E-state index contributed by atoms with van der Waals surface area (Å²) in [4.78, 5) is 26.2. The summed E-state index contributed by atoms with van der Waals surface area (Å²) in [5.41, 5.74) is 1.65. The van der Waals surface area contributed by atoms with E-state index in [1.54, 1.807) is 42.1 Å². The number of hydrogen-bond acceptors (Lipinski definition) is 3. The van der Waals surface area contributed by atoms with Crippen LogP contribution in [0.2, 0.25) is 5.02 Å². The van der Waals surface area contributed by atoms with Crippen molar-refractivity contribution in [1.29, 1.82) is 0 Å². The number of carbonyl (C=O) groups is 2. The first-order valence-electron chi connectivity index (χ1n) is 9.00. The maximum absolute atomic E-state index is 12.7. The Morgan fingerprint density at radius 3 is 2.29 bits per heavy atom. The van der Waals surface area contributed by atoms with Gasteiger partial charge >= 0.3 is 0 Å². The minimum atomic E-state index is -0.102. The lowest BCUT2D eigenvalue weighted by molar-refractivity contribution is -0.116. The molecule has 0 radical (unpaired) electrons. The molecule has 0 aliphatic carbocycles. The normalized spacial score (nSPS) is 10.5. The van der Waals surface area contributed by atoms with Crippen LogP contribution in [0.15, 0.2) is 83.8 Å². The summed E-state index contributed by atoms with van der Waals surface area (Å²) in [7, 11) is 0. The molecule has 0 atom stereocenters. The van der Waals surface area contributed by atoms with Crippen molar-refractivity contribution in [3.05, 3.63) is 95.0 Å². The van der Waals surface area contributed by atoms with Gasteiger partial charge in [0, 0.05) is 27.5 Å². The number of rotatable bonds is 8. The Hall–Kier alpha value is -2.56. The molecule has 0 spiro atoms. The molecule has 0 fully saturated rings. The van der Waals surface area contributed by atoms with E-state index in [9.17, 15) is 9.59 Å². The lowest BCUT2D eigenvalue weighted by Crippen LogP contribution is -2.15. The summed E-state index contributed by atoms with van der Waals surface area (Å²) < 4.78 is 0. The quantitative estimate of drug-likeness (QED) is 0.278. The van der Waals surface area contributed by atoms with E-state index in [-0.39, 0.29) is 11.7 Å². The molecule has 0 bridgehead atoms. The molecule has 0 aliphatic rings. The lowest BCUT2D eigenvalue weighted by Gasteiger charge is -2.10. The first kappa shape index (κ1) is 20.2.